The molecule has 0 fully saturated rings. The standard InChI is InChI=1S/C17H15FN4O3/c1-25-16-5-2-11(6-14(16)18)8-19-17(24)13-7-12(3-4-15(13)23)22-9-20-21-10-22/h2-7,9-10,23H,8H2,1H3,(H,19,24). The number of phenols is 1. The SMILES string of the molecule is COc1ccc(CNC(=O)c2cc(-n3cnnc3)ccc2O)cc1F. The minimum Gasteiger partial charge on any atom is -0.507 e. The van der Waals surface area contributed by atoms with Gasteiger partial charge in [0.1, 0.15) is 18.4 Å². The van der Waals surface area contributed by atoms with Gasteiger partial charge in [0.15, 0.2) is 11.6 Å². The highest BCUT2D eigenvalue weighted by Gasteiger charge is 2.13. The van der Waals surface area contributed by atoms with Crippen LogP contribution >= 0.6 is 0 Å². The number of ether oxygens (including phenoxy) is 1. The Morgan fingerprint density at radius 1 is 1.24 bits per heavy atom. The number of aromatic hydroxyl groups is 1. The van der Waals surface area contributed by atoms with E-state index in [1.54, 1.807) is 16.7 Å². The van der Waals surface area contributed by atoms with Crippen molar-refractivity contribution in [2.24, 2.45) is 0 Å². The number of aromatic nitrogens is 3. The van der Waals surface area contributed by atoms with Crippen LogP contribution in [-0.2, 0) is 6.54 Å². The molecule has 25 heavy (non-hydrogen) atoms. The molecule has 3 rings (SSSR count). The van der Waals surface area contributed by atoms with Crippen LogP contribution in [-0.4, -0.2) is 32.9 Å². The molecule has 1 amide bonds. The van der Waals surface area contributed by atoms with Crippen LogP contribution in [0.25, 0.3) is 5.69 Å². The third-order valence-corrected chi connectivity index (χ3v) is 3.61. The number of nitrogens with one attached hydrogen (secondary N) is 1. The van der Waals surface area contributed by atoms with Crippen LogP contribution in [0.3, 0.4) is 0 Å². The first-order valence-electron chi connectivity index (χ1n) is 7.37. The van der Waals surface area contributed by atoms with E-state index in [0.717, 1.165) is 0 Å². The molecule has 0 saturated heterocycles. The molecule has 3 aromatic rings. The Hall–Kier alpha value is -3.42. The number of halogens is 1. The molecule has 128 valence electrons. The van der Waals surface area contributed by atoms with Gasteiger partial charge < -0.3 is 15.2 Å². The molecule has 0 radical (unpaired) electrons. The topological polar surface area (TPSA) is 89.3 Å². The highest BCUT2D eigenvalue weighted by atomic mass is 19.1. The van der Waals surface area contributed by atoms with Gasteiger partial charge in [0.05, 0.1) is 12.7 Å². The van der Waals surface area contributed by atoms with E-state index >= 15 is 0 Å². The maximum Gasteiger partial charge on any atom is 0.255 e. The van der Waals surface area contributed by atoms with Crippen LogP contribution in [0, 0.1) is 5.82 Å². The normalized spacial score (nSPS) is 10.5. The number of rotatable bonds is 5. The zero-order chi connectivity index (χ0) is 17.8. The van der Waals surface area contributed by atoms with Crippen molar-refractivity contribution in [3.05, 3.63) is 66.0 Å². The van der Waals surface area contributed by atoms with E-state index in [0.29, 0.717) is 11.3 Å². The second-order valence-corrected chi connectivity index (χ2v) is 5.22. The number of hydrogen-bond acceptors (Lipinski definition) is 5. The largest absolute Gasteiger partial charge is 0.507 e. The summed E-state index contributed by atoms with van der Waals surface area (Å²) in [4.78, 5) is 12.3. The van der Waals surface area contributed by atoms with E-state index in [2.05, 4.69) is 15.5 Å². The molecule has 2 aromatic carbocycles. The fourth-order valence-corrected chi connectivity index (χ4v) is 2.30. The van der Waals surface area contributed by atoms with Crippen LogP contribution < -0.4 is 10.1 Å². The van der Waals surface area contributed by atoms with E-state index < -0.39 is 11.7 Å². The zero-order valence-electron chi connectivity index (χ0n) is 13.3. The summed E-state index contributed by atoms with van der Waals surface area (Å²) in [6, 6.07) is 8.98. The first kappa shape index (κ1) is 16.4. The van der Waals surface area contributed by atoms with Crippen molar-refractivity contribution < 1.29 is 19.0 Å². The first-order valence-corrected chi connectivity index (χ1v) is 7.37. The van der Waals surface area contributed by atoms with Gasteiger partial charge in [0, 0.05) is 12.2 Å². The predicted octanol–water partition coefficient (Wildman–Crippen LogP) is 2.05. The molecule has 0 unspecified atom stereocenters. The second kappa shape index (κ2) is 7.00. The Morgan fingerprint density at radius 2 is 2.00 bits per heavy atom. The summed E-state index contributed by atoms with van der Waals surface area (Å²) in [7, 11) is 1.38. The van der Waals surface area contributed by atoms with Gasteiger partial charge in [0.2, 0.25) is 0 Å². The van der Waals surface area contributed by atoms with Gasteiger partial charge in [0.25, 0.3) is 5.91 Å². The van der Waals surface area contributed by atoms with Gasteiger partial charge in [-0.25, -0.2) is 4.39 Å². The van der Waals surface area contributed by atoms with Gasteiger partial charge in [-0.05, 0) is 35.9 Å². The third kappa shape index (κ3) is 3.57. The molecule has 7 nitrogen and oxygen atoms in total. The molecule has 0 spiro atoms. The average molecular weight is 342 g/mol. The number of methoxy groups -OCH3 is 1. The lowest BCUT2D eigenvalue weighted by molar-refractivity contribution is 0.0948. The Morgan fingerprint density at radius 3 is 2.68 bits per heavy atom. The van der Waals surface area contributed by atoms with Crippen LogP contribution in [0.15, 0.2) is 49.1 Å². The Labute approximate surface area is 142 Å². The van der Waals surface area contributed by atoms with E-state index in [9.17, 15) is 14.3 Å². The van der Waals surface area contributed by atoms with Crippen LogP contribution in [0.2, 0.25) is 0 Å². The monoisotopic (exact) mass is 342 g/mol. The van der Waals surface area contributed by atoms with Gasteiger partial charge in [-0.3, -0.25) is 9.36 Å². The lowest BCUT2D eigenvalue weighted by atomic mass is 10.1. The minimum absolute atomic E-state index is 0.0974. The smallest absolute Gasteiger partial charge is 0.255 e. The maximum atomic E-state index is 13.7. The van der Waals surface area contributed by atoms with Crippen molar-refractivity contribution in [2.75, 3.05) is 7.11 Å². The summed E-state index contributed by atoms with van der Waals surface area (Å²) in [6.07, 6.45) is 2.96. The number of hydrogen-bond donors (Lipinski definition) is 2. The second-order valence-electron chi connectivity index (χ2n) is 5.22. The van der Waals surface area contributed by atoms with Crippen molar-refractivity contribution in [3.63, 3.8) is 0 Å². The van der Waals surface area contributed by atoms with E-state index in [1.807, 2.05) is 0 Å². The molecule has 0 atom stereocenters. The average Bonchev–Trinajstić information content (AvgIpc) is 3.15. The molecule has 1 heterocycles. The predicted molar refractivity (Wildman–Crippen MR) is 87.1 cm³/mol. The van der Waals surface area contributed by atoms with Gasteiger partial charge >= 0.3 is 0 Å². The number of carbonyl (C=O) groups excluding carboxylic acids is 1. The Kier molecular flexibility index (Phi) is 4.60. The maximum absolute atomic E-state index is 13.7. The lowest BCUT2D eigenvalue weighted by Gasteiger charge is -2.10. The molecule has 2 N–H and O–H groups in total. The summed E-state index contributed by atoms with van der Waals surface area (Å²) < 4.78 is 20.1. The molecule has 0 aliphatic rings. The number of carbonyl (C=O) groups is 1. The molecule has 0 aliphatic carbocycles. The molecule has 0 aliphatic heterocycles. The van der Waals surface area contributed by atoms with Gasteiger partial charge in [-0.2, -0.15) is 0 Å². The molecule has 8 heteroatoms. The Balaban J connectivity index is 1.75. The summed E-state index contributed by atoms with van der Waals surface area (Å²) in [5, 5.41) is 20.0. The van der Waals surface area contributed by atoms with Crippen molar-refractivity contribution in [1.29, 1.82) is 0 Å². The summed E-state index contributed by atoms with van der Waals surface area (Å²) in [5.41, 5.74) is 1.30. The van der Waals surface area contributed by atoms with E-state index in [4.69, 9.17) is 4.74 Å². The summed E-state index contributed by atoms with van der Waals surface area (Å²) >= 11 is 0. The highest BCUT2D eigenvalue weighted by molar-refractivity contribution is 5.97. The highest BCUT2D eigenvalue weighted by Crippen LogP contribution is 2.21. The summed E-state index contributed by atoms with van der Waals surface area (Å²) in [5.74, 6) is -1.01. The van der Waals surface area contributed by atoms with Crippen LogP contribution in [0.1, 0.15) is 15.9 Å². The molecule has 0 bridgehead atoms. The number of nitrogens with zero attached hydrogens (tertiary/aromatic N) is 3. The zero-order valence-corrected chi connectivity index (χ0v) is 13.3. The lowest BCUT2D eigenvalue weighted by Crippen LogP contribution is -2.23. The minimum atomic E-state index is -0.508. The molecular formula is C17H15FN4O3. The molecule has 0 saturated carbocycles. The fourth-order valence-electron chi connectivity index (χ4n) is 2.30. The fraction of sp³-hybridized carbons (Fsp3) is 0.118. The first-order chi connectivity index (χ1) is 12.1. The molecular weight excluding hydrogens is 327 g/mol. The van der Waals surface area contributed by atoms with Crippen molar-refractivity contribution in [2.45, 2.75) is 6.54 Å². The van der Waals surface area contributed by atoms with Gasteiger partial charge in [-0.15, -0.1) is 10.2 Å². The van der Waals surface area contributed by atoms with Crippen molar-refractivity contribution in [3.8, 4) is 17.2 Å². The number of benzene rings is 2. The molecule has 1 aromatic heterocycles. The van der Waals surface area contributed by atoms with Crippen molar-refractivity contribution in [1.82, 2.24) is 20.1 Å². The van der Waals surface area contributed by atoms with Crippen LogP contribution in [0.4, 0.5) is 4.39 Å². The number of phenolic OH excluding ortho intramolecular Hbond substituents is 1. The third-order valence-electron chi connectivity index (χ3n) is 3.61. The van der Waals surface area contributed by atoms with E-state index in [-0.39, 0.29) is 23.6 Å². The van der Waals surface area contributed by atoms with Crippen molar-refractivity contribution >= 4 is 5.91 Å². The van der Waals surface area contributed by atoms with E-state index in [1.165, 1.54) is 44.0 Å². The Bertz CT molecular complexity index is 897. The number of amides is 1. The van der Waals surface area contributed by atoms with Crippen LogP contribution in [0.5, 0.6) is 11.5 Å². The quantitative estimate of drug-likeness (QED) is 0.741. The summed E-state index contributed by atoms with van der Waals surface area (Å²) in [6.45, 7) is 0.107. The van der Waals surface area contributed by atoms with Gasteiger partial charge in [-0.1, -0.05) is 6.07 Å².